The second-order valence-corrected chi connectivity index (χ2v) is 13.2. The summed E-state index contributed by atoms with van der Waals surface area (Å²) in [7, 11) is -0.0146. The molecule has 1 aliphatic heterocycles. The molecule has 2 saturated carbocycles. The number of halogens is 5. The Labute approximate surface area is 256 Å². The lowest BCUT2D eigenvalue weighted by atomic mass is 9.80. The zero-order valence-electron chi connectivity index (χ0n) is 22.6. The molecule has 0 amide bonds. The van der Waals surface area contributed by atoms with Crippen molar-refractivity contribution in [1.82, 2.24) is 0 Å². The van der Waals surface area contributed by atoms with Gasteiger partial charge in [0.05, 0.1) is 22.7 Å². The van der Waals surface area contributed by atoms with Crippen molar-refractivity contribution in [2.45, 2.75) is 51.2 Å². The quantitative estimate of drug-likeness (QED) is 0.0702. The summed E-state index contributed by atoms with van der Waals surface area (Å²) >= 11 is -1.23. The lowest BCUT2D eigenvalue weighted by molar-refractivity contribution is -0.777. The van der Waals surface area contributed by atoms with E-state index in [1.165, 1.54) is 14.7 Å². The SMILES string of the molecule is O=C(OC(C(F)(F)F)C(F)(F)SOO[O-])C1C2CC3OC(=O)C1C3C2.c1ccc([S+](c2ccccc2)c2ccccc2)cc1. The first-order chi connectivity index (χ1) is 21.0. The number of esters is 2. The van der Waals surface area contributed by atoms with Crippen molar-refractivity contribution >= 4 is 34.9 Å². The van der Waals surface area contributed by atoms with E-state index in [0.717, 1.165) is 0 Å². The molecule has 0 radical (unpaired) electrons. The number of hydrogen-bond acceptors (Lipinski definition) is 8. The minimum absolute atomic E-state index is 0.0146. The van der Waals surface area contributed by atoms with Gasteiger partial charge in [-0.1, -0.05) is 54.6 Å². The Morgan fingerprint density at radius 1 is 0.864 bits per heavy atom. The van der Waals surface area contributed by atoms with E-state index in [1.807, 2.05) is 0 Å². The van der Waals surface area contributed by atoms with Crippen LogP contribution in [0.5, 0.6) is 0 Å². The summed E-state index contributed by atoms with van der Waals surface area (Å²) in [6.45, 7) is 0. The van der Waals surface area contributed by atoms with Crippen LogP contribution in [0.25, 0.3) is 0 Å². The zero-order valence-corrected chi connectivity index (χ0v) is 24.2. The van der Waals surface area contributed by atoms with Crippen LogP contribution in [0.3, 0.4) is 0 Å². The Hall–Kier alpha value is -3.17. The molecule has 44 heavy (non-hydrogen) atoms. The number of ether oxygens (including phenoxy) is 2. The predicted molar refractivity (Wildman–Crippen MR) is 145 cm³/mol. The number of rotatable bonds is 9. The van der Waals surface area contributed by atoms with Gasteiger partial charge in [-0.15, -0.1) is 0 Å². The third-order valence-electron chi connectivity index (χ3n) is 7.70. The van der Waals surface area contributed by atoms with Gasteiger partial charge in [0.25, 0.3) is 6.10 Å². The Morgan fingerprint density at radius 3 is 1.82 bits per heavy atom. The highest BCUT2D eigenvalue weighted by atomic mass is 32.2. The van der Waals surface area contributed by atoms with Crippen LogP contribution in [-0.2, 0) is 39.3 Å². The second-order valence-electron chi connectivity index (χ2n) is 10.3. The lowest BCUT2D eigenvalue weighted by Crippen LogP contribution is -2.48. The number of hydrogen-bond donors (Lipinski definition) is 0. The molecule has 0 spiro atoms. The van der Waals surface area contributed by atoms with Gasteiger partial charge in [-0.05, 0) is 55.2 Å². The number of carbonyl (C=O) groups excluding carboxylic acids is 2. The monoisotopic (exact) mass is 656 g/mol. The van der Waals surface area contributed by atoms with E-state index in [1.54, 1.807) is 0 Å². The van der Waals surface area contributed by atoms with Gasteiger partial charge in [0, 0.05) is 5.92 Å². The highest BCUT2D eigenvalue weighted by Gasteiger charge is 2.66. The van der Waals surface area contributed by atoms with Gasteiger partial charge >= 0.3 is 23.4 Å². The van der Waals surface area contributed by atoms with Crippen LogP contribution < -0.4 is 5.26 Å². The minimum atomic E-state index is -5.64. The first-order valence-corrected chi connectivity index (χ1v) is 15.4. The number of fused-ring (bicyclic) bond motifs is 1. The average Bonchev–Trinajstić information content (AvgIpc) is 3.64. The summed E-state index contributed by atoms with van der Waals surface area (Å²) in [5, 5.41) is 7.34. The molecule has 2 aliphatic carbocycles. The van der Waals surface area contributed by atoms with Gasteiger partial charge < -0.3 is 14.7 Å². The predicted octanol–water partition coefficient (Wildman–Crippen LogP) is 5.90. The fourth-order valence-corrected chi connectivity index (χ4v) is 8.52. The Balaban J connectivity index is 0.000000181. The van der Waals surface area contributed by atoms with Crippen molar-refractivity contribution in [3.8, 4) is 0 Å². The fraction of sp³-hybridized carbons (Fsp3) is 0.333. The van der Waals surface area contributed by atoms with Crippen LogP contribution in [-0.4, -0.2) is 35.6 Å². The highest BCUT2D eigenvalue weighted by Crippen LogP contribution is 2.58. The van der Waals surface area contributed by atoms with Crippen molar-refractivity contribution in [1.29, 1.82) is 0 Å². The molecule has 6 unspecified atom stereocenters. The van der Waals surface area contributed by atoms with Gasteiger partial charge in [0.2, 0.25) is 0 Å². The smallest absolute Gasteiger partial charge is 0.432 e. The third kappa shape index (κ3) is 6.89. The molecule has 0 aromatic heterocycles. The van der Waals surface area contributed by atoms with E-state index < -0.39 is 59.3 Å². The van der Waals surface area contributed by atoms with Crippen LogP contribution in [0, 0.1) is 23.7 Å². The molecular weight excluding hydrogens is 631 g/mol. The van der Waals surface area contributed by atoms with Crippen molar-refractivity contribution in [3.05, 3.63) is 91.0 Å². The molecule has 234 valence electrons. The molecule has 3 aromatic carbocycles. The number of alkyl halides is 5. The molecule has 3 aromatic rings. The maximum atomic E-state index is 13.6. The Bertz CT molecular complexity index is 1320. The van der Waals surface area contributed by atoms with Crippen molar-refractivity contribution < 1.29 is 55.6 Å². The van der Waals surface area contributed by atoms with E-state index in [2.05, 4.69) is 105 Å². The molecule has 2 bridgehead atoms. The lowest BCUT2D eigenvalue weighted by Gasteiger charge is -2.30. The molecule has 1 heterocycles. The van der Waals surface area contributed by atoms with Crippen LogP contribution in [0.4, 0.5) is 22.0 Å². The molecule has 7 nitrogen and oxygen atoms in total. The van der Waals surface area contributed by atoms with Gasteiger partial charge in [-0.25, -0.2) is 0 Å². The maximum Gasteiger partial charge on any atom is 0.432 e. The van der Waals surface area contributed by atoms with E-state index in [9.17, 15) is 36.8 Å². The summed E-state index contributed by atoms with van der Waals surface area (Å²) in [6.07, 6.45) is -9.24. The topological polar surface area (TPSA) is 94.1 Å². The van der Waals surface area contributed by atoms with Gasteiger partial charge in [-0.3, -0.25) is 14.6 Å². The Kier molecular flexibility index (Phi) is 9.85. The molecule has 6 rings (SSSR count). The van der Waals surface area contributed by atoms with Crippen LogP contribution in [0.15, 0.2) is 106 Å². The maximum absolute atomic E-state index is 13.6. The first kappa shape index (κ1) is 32.2. The number of carbonyl (C=O) groups is 2. The molecule has 14 heteroatoms. The van der Waals surface area contributed by atoms with Crippen LogP contribution in [0.1, 0.15) is 12.8 Å². The van der Waals surface area contributed by atoms with Crippen molar-refractivity contribution in [2.24, 2.45) is 23.7 Å². The van der Waals surface area contributed by atoms with Gasteiger partial charge in [0.15, 0.2) is 14.7 Å². The molecular formula is C30H25F5O7S2. The highest BCUT2D eigenvalue weighted by molar-refractivity contribution is 7.97. The van der Waals surface area contributed by atoms with E-state index in [4.69, 9.17) is 4.74 Å². The summed E-state index contributed by atoms with van der Waals surface area (Å²) < 4.78 is 78.2. The zero-order chi connectivity index (χ0) is 31.5. The summed E-state index contributed by atoms with van der Waals surface area (Å²) in [5.41, 5.74) is 0. The summed E-state index contributed by atoms with van der Waals surface area (Å²) in [6, 6.07) is 32.2. The van der Waals surface area contributed by atoms with Crippen molar-refractivity contribution in [3.63, 3.8) is 0 Å². The Morgan fingerprint density at radius 2 is 1.36 bits per heavy atom. The third-order valence-corrected chi connectivity index (χ3v) is 10.5. The normalized spacial score (nSPS) is 24.4. The van der Waals surface area contributed by atoms with E-state index in [0.29, 0.717) is 6.42 Å². The fourth-order valence-electron chi connectivity index (χ4n) is 6.03. The largest absolute Gasteiger partial charge is 0.691 e. The standard InChI is InChI=1S/C18H15S.C12H11F5O7S/c1-4-10-16(11-5-1)19(17-12-6-2-7-13-17)18-14-8-3-9-15-18;13-11(14,15)10(12(16,17)25-24-23-20)22-8(18)6-3-1-4-5(2-3)21-9(19)7(4)6/h1-15H;3-7,10,20H,1-2H2/q+1;/p-1. The van der Waals surface area contributed by atoms with Crippen LogP contribution in [0.2, 0.25) is 0 Å². The molecule has 6 atom stereocenters. The summed E-state index contributed by atoms with van der Waals surface area (Å²) in [4.78, 5) is 28.0. The average molecular weight is 657 g/mol. The second kappa shape index (κ2) is 13.4. The van der Waals surface area contributed by atoms with Gasteiger partial charge in [-0.2, -0.15) is 26.3 Å². The van der Waals surface area contributed by atoms with Crippen molar-refractivity contribution in [2.75, 3.05) is 0 Å². The summed E-state index contributed by atoms with van der Waals surface area (Å²) in [5.74, 6) is -5.31. The molecule has 3 fully saturated rings. The number of benzene rings is 3. The molecule has 0 N–H and O–H groups in total. The first-order valence-electron chi connectivity index (χ1n) is 13.4. The molecule has 1 saturated heterocycles. The molecule has 3 aliphatic rings. The minimum Gasteiger partial charge on any atom is -0.691 e. The van der Waals surface area contributed by atoms with E-state index in [-0.39, 0.29) is 29.3 Å². The van der Waals surface area contributed by atoms with Crippen LogP contribution >= 0.6 is 12.0 Å². The van der Waals surface area contributed by atoms with E-state index >= 15 is 0 Å². The van der Waals surface area contributed by atoms with Gasteiger partial charge in [0.1, 0.15) is 18.1 Å².